The Labute approximate surface area is 150 Å². The number of aromatic hydroxyl groups is 1. The highest BCUT2D eigenvalue weighted by atomic mass is 32.2. The second-order valence-electron chi connectivity index (χ2n) is 5.41. The van der Waals surface area contributed by atoms with E-state index in [4.69, 9.17) is 4.74 Å². The van der Waals surface area contributed by atoms with Crippen molar-refractivity contribution < 1.29 is 9.84 Å². The molecule has 0 bridgehead atoms. The van der Waals surface area contributed by atoms with Gasteiger partial charge in [-0.05, 0) is 36.2 Å². The summed E-state index contributed by atoms with van der Waals surface area (Å²) < 4.78 is 6.72. The molecule has 0 aliphatic rings. The molecule has 25 heavy (non-hydrogen) atoms. The molecule has 0 aliphatic heterocycles. The van der Waals surface area contributed by atoms with E-state index in [-0.39, 0.29) is 5.75 Å². The van der Waals surface area contributed by atoms with Gasteiger partial charge in [0.05, 0.1) is 13.3 Å². The highest BCUT2D eigenvalue weighted by molar-refractivity contribution is 7.98. The second-order valence-corrected chi connectivity index (χ2v) is 6.35. The number of thioether (sulfide) groups is 1. The summed E-state index contributed by atoms with van der Waals surface area (Å²) in [6, 6.07) is 13.4. The zero-order valence-corrected chi connectivity index (χ0v) is 14.8. The van der Waals surface area contributed by atoms with Gasteiger partial charge in [-0.15, -0.1) is 10.2 Å². The lowest BCUT2D eigenvalue weighted by Gasteiger charge is -2.04. The van der Waals surface area contributed by atoms with Gasteiger partial charge in [0.1, 0.15) is 6.33 Å². The van der Waals surface area contributed by atoms with Crippen LogP contribution < -0.4 is 4.74 Å². The standard InChI is InChI=1S/C18H18N4O2S/c1-13-3-5-14(6-4-13)11-25-18-21-19-12-22(18)20-10-15-7-8-16(23)17(9-15)24-2/h3-10,12,23H,11H2,1-2H3/b20-10+. The van der Waals surface area contributed by atoms with Gasteiger partial charge in [0.25, 0.3) is 0 Å². The molecule has 7 heteroatoms. The van der Waals surface area contributed by atoms with Gasteiger partial charge >= 0.3 is 0 Å². The molecule has 0 fully saturated rings. The number of rotatable bonds is 6. The third-order valence-corrected chi connectivity index (χ3v) is 4.53. The fraction of sp³-hybridized carbons (Fsp3) is 0.167. The summed E-state index contributed by atoms with van der Waals surface area (Å²) in [5.74, 6) is 1.29. The fourth-order valence-corrected chi connectivity index (χ4v) is 2.95. The molecule has 2 aromatic carbocycles. The van der Waals surface area contributed by atoms with Crippen LogP contribution in [0.4, 0.5) is 0 Å². The molecule has 0 unspecified atom stereocenters. The first-order valence-electron chi connectivity index (χ1n) is 7.65. The van der Waals surface area contributed by atoms with Crippen molar-refractivity contribution in [2.75, 3.05) is 7.11 Å². The number of phenols is 1. The molecule has 1 N–H and O–H groups in total. The monoisotopic (exact) mass is 354 g/mol. The molecule has 128 valence electrons. The topological polar surface area (TPSA) is 72.5 Å². The maximum atomic E-state index is 9.63. The predicted molar refractivity (Wildman–Crippen MR) is 98.4 cm³/mol. The molecule has 0 saturated heterocycles. The Morgan fingerprint density at radius 1 is 1.24 bits per heavy atom. The minimum Gasteiger partial charge on any atom is -0.504 e. The van der Waals surface area contributed by atoms with E-state index in [0.717, 1.165) is 11.3 Å². The van der Waals surface area contributed by atoms with E-state index < -0.39 is 0 Å². The molecule has 1 aromatic heterocycles. The number of hydrogen-bond donors (Lipinski definition) is 1. The van der Waals surface area contributed by atoms with Crippen LogP contribution in [0.1, 0.15) is 16.7 Å². The van der Waals surface area contributed by atoms with Crippen molar-refractivity contribution in [1.82, 2.24) is 14.9 Å². The summed E-state index contributed by atoms with van der Waals surface area (Å²) in [4.78, 5) is 0. The third kappa shape index (κ3) is 4.39. The van der Waals surface area contributed by atoms with Crippen LogP contribution >= 0.6 is 11.8 Å². The van der Waals surface area contributed by atoms with Crippen molar-refractivity contribution in [3.63, 3.8) is 0 Å². The Bertz CT molecular complexity index is 875. The number of aryl methyl sites for hydroxylation is 1. The van der Waals surface area contributed by atoms with Crippen LogP contribution in [0.5, 0.6) is 11.5 Å². The zero-order valence-electron chi connectivity index (χ0n) is 14.0. The van der Waals surface area contributed by atoms with Crippen molar-refractivity contribution in [2.45, 2.75) is 17.8 Å². The Morgan fingerprint density at radius 3 is 2.80 bits per heavy atom. The molecule has 0 radical (unpaired) electrons. The average Bonchev–Trinajstić information content (AvgIpc) is 3.08. The minimum absolute atomic E-state index is 0.0956. The third-order valence-electron chi connectivity index (χ3n) is 3.52. The first-order valence-corrected chi connectivity index (χ1v) is 8.64. The van der Waals surface area contributed by atoms with Gasteiger partial charge in [-0.2, -0.15) is 9.78 Å². The minimum atomic E-state index is 0.0956. The van der Waals surface area contributed by atoms with Gasteiger partial charge in [0.15, 0.2) is 11.5 Å². The van der Waals surface area contributed by atoms with Crippen LogP contribution in [0.15, 0.2) is 59.0 Å². The van der Waals surface area contributed by atoms with Crippen LogP contribution in [-0.4, -0.2) is 33.3 Å². The molecule has 3 rings (SSSR count). The van der Waals surface area contributed by atoms with Gasteiger partial charge in [-0.1, -0.05) is 41.6 Å². The Kier molecular flexibility index (Phi) is 5.35. The lowest BCUT2D eigenvalue weighted by molar-refractivity contribution is 0.373. The van der Waals surface area contributed by atoms with Gasteiger partial charge < -0.3 is 9.84 Å². The summed E-state index contributed by atoms with van der Waals surface area (Å²) in [5.41, 5.74) is 3.26. The molecule has 1 heterocycles. The van der Waals surface area contributed by atoms with Gasteiger partial charge in [0.2, 0.25) is 5.16 Å². The summed E-state index contributed by atoms with van der Waals surface area (Å²) in [5, 5.41) is 22.7. The second kappa shape index (κ2) is 7.85. The maximum Gasteiger partial charge on any atom is 0.212 e. The number of phenolic OH excluding ortho intramolecular Hbond substituents is 1. The van der Waals surface area contributed by atoms with E-state index >= 15 is 0 Å². The van der Waals surface area contributed by atoms with Gasteiger partial charge in [0, 0.05) is 5.75 Å². The lowest BCUT2D eigenvalue weighted by atomic mass is 10.2. The number of hydrogen-bond acceptors (Lipinski definition) is 6. The van der Waals surface area contributed by atoms with E-state index in [0.29, 0.717) is 10.9 Å². The summed E-state index contributed by atoms with van der Waals surface area (Å²) in [6.07, 6.45) is 3.23. The summed E-state index contributed by atoms with van der Waals surface area (Å²) >= 11 is 1.57. The Morgan fingerprint density at radius 2 is 2.04 bits per heavy atom. The quantitative estimate of drug-likeness (QED) is 0.542. The van der Waals surface area contributed by atoms with E-state index in [9.17, 15) is 5.11 Å². The van der Waals surface area contributed by atoms with Crippen molar-refractivity contribution in [3.05, 3.63) is 65.5 Å². The van der Waals surface area contributed by atoms with Crippen molar-refractivity contribution in [2.24, 2.45) is 5.10 Å². The number of nitrogens with zero attached hydrogens (tertiary/aromatic N) is 4. The van der Waals surface area contributed by atoms with Crippen LogP contribution in [0, 0.1) is 6.92 Å². The van der Waals surface area contributed by atoms with Gasteiger partial charge in [-0.25, -0.2) is 0 Å². The maximum absolute atomic E-state index is 9.63. The molecule has 0 aliphatic carbocycles. The van der Waals surface area contributed by atoms with E-state index in [2.05, 4.69) is 46.5 Å². The smallest absolute Gasteiger partial charge is 0.212 e. The van der Waals surface area contributed by atoms with Gasteiger partial charge in [-0.3, -0.25) is 0 Å². The van der Waals surface area contributed by atoms with E-state index in [1.165, 1.54) is 18.2 Å². The Hall–Kier alpha value is -2.80. The summed E-state index contributed by atoms with van der Waals surface area (Å²) in [7, 11) is 1.51. The van der Waals surface area contributed by atoms with Crippen LogP contribution in [-0.2, 0) is 5.75 Å². The van der Waals surface area contributed by atoms with Crippen LogP contribution in [0.3, 0.4) is 0 Å². The molecule has 0 spiro atoms. The summed E-state index contributed by atoms with van der Waals surface area (Å²) in [6.45, 7) is 2.07. The van der Waals surface area contributed by atoms with Crippen molar-refractivity contribution in [1.29, 1.82) is 0 Å². The molecule has 3 aromatic rings. The molecule has 0 amide bonds. The first kappa shape index (κ1) is 17.0. The highest BCUT2D eigenvalue weighted by Crippen LogP contribution is 2.25. The first-order chi connectivity index (χ1) is 12.2. The normalized spacial score (nSPS) is 11.1. The molecule has 0 saturated carbocycles. The largest absolute Gasteiger partial charge is 0.504 e. The number of aromatic nitrogens is 3. The molecule has 0 atom stereocenters. The number of ether oxygens (including phenoxy) is 1. The highest BCUT2D eigenvalue weighted by Gasteiger charge is 2.05. The SMILES string of the molecule is COc1cc(/C=N/n2cnnc2SCc2ccc(C)cc2)ccc1O. The van der Waals surface area contributed by atoms with Crippen molar-refractivity contribution in [3.8, 4) is 11.5 Å². The number of benzene rings is 2. The fourth-order valence-electron chi connectivity index (χ4n) is 2.13. The average molecular weight is 354 g/mol. The van der Waals surface area contributed by atoms with E-state index in [1.807, 2.05) is 0 Å². The van der Waals surface area contributed by atoms with Crippen LogP contribution in [0.25, 0.3) is 0 Å². The predicted octanol–water partition coefficient (Wildman–Crippen LogP) is 3.48. The number of methoxy groups -OCH3 is 1. The Balaban J connectivity index is 1.70. The molecular weight excluding hydrogens is 336 g/mol. The van der Waals surface area contributed by atoms with E-state index in [1.54, 1.807) is 47.2 Å². The zero-order chi connectivity index (χ0) is 17.6. The molecule has 6 nitrogen and oxygen atoms in total. The molecular formula is C18H18N4O2S. The van der Waals surface area contributed by atoms with Crippen LogP contribution in [0.2, 0.25) is 0 Å². The van der Waals surface area contributed by atoms with Crippen molar-refractivity contribution >= 4 is 18.0 Å². The lowest BCUT2D eigenvalue weighted by Crippen LogP contribution is -1.93.